The average Bonchev–Trinajstić information content (AvgIpc) is 2.78. The van der Waals surface area contributed by atoms with Gasteiger partial charge in [0.05, 0.1) is 57.7 Å². The highest BCUT2D eigenvalue weighted by atomic mass is 31.2. The zero-order chi connectivity index (χ0) is 26.4. The zero-order valence-electron chi connectivity index (χ0n) is 22.4. The van der Waals surface area contributed by atoms with Gasteiger partial charge in [-0.1, -0.05) is 13.8 Å². The van der Waals surface area contributed by atoms with Crippen molar-refractivity contribution < 1.29 is 28.1 Å². The molecule has 35 heavy (non-hydrogen) atoms. The lowest BCUT2D eigenvalue weighted by Crippen LogP contribution is -2.58. The van der Waals surface area contributed by atoms with E-state index in [1.165, 1.54) is 6.92 Å². The van der Waals surface area contributed by atoms with Crippen molar-refractivity contribution in [3.05, 3.63) is 0 Å². The minimum Gasteiger partial charge on any atom is -0.378 e. The van der Waals surface area contributed by atoms with Gasteiger partial charge in [0.25, 0.3) is 8.53 Å². The number of carbonyl (C=O) groups excluding carboxylic acids is 1. The summed E-state index contributed by atoms with van der Waals surface area (Å²) < 4.78 is 32.2. The van der Waals surface area contributed by atoms with Crippen LogP contribution in [0.2, 0.25) is 0 Å². The Labute approximate surface area is 213 Å². The largest absolute Gasteiger partial charge is 0.378 e. The van der Waals surface area contributed by atoms with Crippen LogP contribution < -0.4 is 5.32 Å². The van der Waals surface area contributed by atoms with Crippen molar-refractivity contribution >= 4 is 14.4 Å². The molecular formula is C25H44N3O6P. The van der Waals surface area contributed by atoms with Crippen molar-refractivity contribution in [1.29, 1.82) is 5.26 Å². The monoisotopic (exact) mass is 513 g/mol. The number of terminal acetylenes is 1. The van der Waals surface area contributed by atoms with E-state index < -0.39 is 14.8 Å². The lowest BCUT2D eigenvalue weighted by Gasteiger charge is -2.44. The van der Waals surface area contributed by atoms with Crippen LogP contribution in [-0.4, -0.2) is 74.1 Å². The third-order valence-electron chi connectivity index (χ3n) is 5.86. The first-order chi connectivity index (χ1) is 16.6. The molecule has 0 saturated carbocycles. The van der Waals surface area contributed by atoms with Gasteiger partial charge in [0.1, 0.15) is 0 Å². The van der Waals surface area contributed by atoms with Crippen LogP contribution >= 0.6 is 8.53 Å². The van der Waals surface area contributed by atoms with Gasteiger partial charge in [0.15, 0.2) is 6.29 Å². The molecule has 1 fully saturated rings. The van der Waals surface area contributed by atoms with E-state index in [1.807, 2.05) is 0 Å². The number of rotatable bonds is 16. The normalized spacial score (nSPS) is 25.4. The molecule has 1 amide bonds. The fraction of sp³-hybridized carbons (Fsp3) is 0.840. The number of nitrogens with zero attached hydrogens (tertiary/aromatic N) is 2. The lowest BCUT2D eigenvalue weighted by atomic mass is 9.82. The van der Waals surface area contributed by atoms with Crippen LogP contribution in [0.4, 0.5) is 0 Å². The number of carbonyl (C=O) groups is 1. The molecule has 9 nitrogen and oxygen atoms in total. The standard InChI is InChI=1S/C25H44N3O6P/c1-9-10-13-30-17-23-20(6)21(7)24(27-22(8)29)25(34-23)31-15-16-33-35(32-14-11-12-26)28(18(2)3)19(4)5/h1,18-21,23-25H,10-11,13-17H2,2-8H3,(H,27,29). The summed E-state index contributed by atoms with van der Waals surface area (Å²) in [5.74, 6) is 2.70. The van der Waals surface area contributed by atoms with Crippen LogP contribution in [0.1, 0.15) is 61.3 Å². The van der Waals surface area contributed by atoms with Crippen LogP contribution in [0.15, 0.2) is 0 Å². The minimum atomic E-state index is -1.35. The molecule has 0 aliphatic carbocycles. The molecule has 0 spiro atoms. The second-order valence-electron chi connectivity index (χ2n) is 9.27. The predicted molar refractivity (Wildman–Crippen MR) is 136 cm³/mol. The highest BCUT2D eigenvalue weighted by Gasteiger charge is 2.42. The highest BCUT2D eigenvalue weighted by molar-refractivity contribution is 7.44. The molecule has 10 heteroatoms. The van der Waals surface area contributed by atoms with Gasteiger partial charge < -0.3 is 28.6 Å². The van der Waals surface area contributed by atoms with Gasteiger partial charge in [-0.2, -0.15) is 5.26 Å². The summed E-state index contributed by atoms with van der Waals surface area (Å²) in [5, 5.41) is 11.8. The van der Waals surface area contributed by atoms with Crippen LogP contribution in [0, 0.1) is 35.5 Å². The fourth-order valence-corrected chi connectivity index (χ4v) is 5.56. The SMILES string of the molecule is C#CCCOCC1OC(OCCOP(OCCC#N)N(C(C)C)C(C)C)C(NC(C)=O)C(C)C1C. The molecule has 1 heterocycles. The summed E-state index contributed by atoms with van der Waals surface area (Å²) >= 11 is 0. The van der Waals surface area contributed by atoms with E-state index in [2.05, 4.69) is 63.5 Å². The lowest BCUT2D eigenvalue weighted by molar-refractivity contribution is -0.246. The molecular weight excluding hydrogens is 469 g/mol. The Hall–Kier alpha value is -1.29. The van der Waals surface area contributed by atoms with Crippen LogP contribution in [-0.2, 0) is 28.1 Å². The molecule has 6 atom stereocenters. The summed E-state index contributed by atoms with van der Waals surface area (Å²) in [6.45, 7) is 15.8. The topological polar surface area (TPSA) is 102 Å². The average molecular weight is 514 g/mol. The molecule has 0 aromatic rings. The third kappa shape index (κ3) is 11.1. The summed E-state index contributed by atoms with van der Waals surface area (Å²) in [7, 11) is -1.35. The van der Waals surface area contributed by atoms with Gasteiger partial charge in [-0.15, -0.1) is 12.3 Å². The molecule has 6 unspecified atom stereocenters. The number of nitriles is 1. The van der Waals surface area contributed by atoms with Gasteiger partial charge in [-0.3, -0.25) is 4.79 Å². The molecule has 1 aliphatic heterocycles. The second kappa shape index (κ2) is 17.2. The third-order valence-corrected chi connectivity index (χ3v) is 7.96. The second-order valence-corrected chi connectivity index (χ2v) is 10.7. The number of nitrogens with one attached hydrogen (secondary N) is 1. The van der Waals surface area contributed by atoms with Gasteiger partial charge >= 0.3 is 0 Å². The molecule has 0 bridgehead atoms. The van der Waals surface area contributed by atoms with Gasteiger partial charge in [-0.05, 0) is 39.5 Å². The van der Waals surface area contributed by atoms with Gasteiger partial charge in [0, 0.05) is 25.4 Å². The van der Waals surface area contributed by atoms with Crippen molar-refractivity contribution in [3.63, 3.8) is 0 Å². The predicted octanol–water partition coefficient (Wildman–Crippen LogP) is 3.84. The van der Waals surface area contributed by atoms with Crippen LogP contribution in [0.5, 0.6) is 0 Å². The Morgan fingerprint density at radius 3 is 2.31 bits per heavy atom. The number of ether oxygens (including phenoxy) is 3. The molecule has 1 saturated heterocycles. The van der Waals surface area contributed by atoms with Crippen molar-refractivity contribution in [2.24, 2.45) is 11.8 Å². The number of hydrogen-bond acceptors (Lipinski definition) is 8. The van der Waals surface area contributed by atoms with Crippen molar-refractivity contribution in [2.75, 3.05) is 33.0 Å². The maximum Gasteiger partial charge on any atom is 0.259 e. The first-order valence-electron chi connectivity index (χ1n) is 12.4. The van der Waals surface area contributed by atoms with Crippen molar-refractivity contribution in [3.8, 4) is 18.4 Å². The van der Waals surface area contributed by atoms with Gasteiger partial charge in [0.2, 0.25) is 5.91 Å². The van der Waals surface area contributed by atoms with Crippen molar-refractivity contribution in [2.45, 2.75) is 91.8 Å². The Kier molecular flexibility index (Phi) is 15.6. The zero-order valence-corrected chi connectivity index (χ0v) is 23.3. The van der Waals surface area contributed by atoms with E-state index in [0.717, 1.165) is 0 Å². The Morgan fingerprint density at radius 1 is 1.09 bits per heavy atom. The van der Waals surface area contributed by atoms with Gasteiger partial charge in [-0.25, -0.2) is 4.67 Å². The molecule has 0 radical (unpaired) electrons. The number of amides is 1. The quantitative estimate of drug-likeness (QED) is 0.189. The van der Waals surface area contributed by atoms with Crippen molar-refractivity contribution in [1.82, 2.24) is 9.99 Å². The minimum absolute atomic E-state index is 0.114. The van der Waals surface area contributed by atoms with E-state index in [-0.39, 0.29) is 55.2 Å². The maximum atomic E-state index is 11.8. The number of hydrogen-bond donors (Lipinski definition) is 1. The fourth-order valence-electron chi connectivity index (χ4n) is 3.99. The van der Waals surface area contributed by atoms with Crippen LogP contribution in [0.25, 0.3) is 0 Å². The molecule has 1 aliphatic rings. The highest BCUT2D eigenvalue weighted by Crippen LogP contribution is 2.45. The molecule has 0 aromatic heterocycles. The first-order valence-corrected chi connectivity index (χ1v) is 13.5. The van der Waals surface area contributed by atoms with E-state index in [0.29, 0.717) is 32.7 Å². The summed E-state index contributed by atoms with van der Waals surface area (Å²) in [4.78, 5) is 11.8. The summed E-state index contributed by atoms with van der Waals surface area (Å²) in [5.41, 5.74) is 0. The maximum absolute atomic E-state index is 11.8. The van der Waals surface area contributed by atoms with E-state index >= 15 is 0 Å². The van der Waals surface area contributed by atoms with E-state index in [9.17, 15) is 4.79 Å². The van der Waals surface area contributed by atoms with E-state index in [1.54, 1.807) is 0 Å². The van der Waals surface area contributed by atoms with E-state index in [4.69, 9.17) is 34.9 Å². The first kappa shape index (κ1) is 31.7. The Bertz CT molecular complexity index is 688. The smallest absolute Gasteiger partial charge is 0.259 e. The molecule has 0 aromatic carbocycles. The Balaban J connectivity index is 2.78. The summed E-state index contributed by atoms with van der Waals surface area (Å²) in [6.07, 6.45) is 5.34. The van der Waals surface area contributed by atoms with Crippen LogP contribution in [0.3, 0.4) is 0 Å². The molecule has 1 N–H and O–H groups in total. The molecule has 1 rings (SSSR count). The Morgan fingerprint density at radius 2 is 1.74 bits per heavy atom. The summed E-state index contributed by atoms with van der Waals surface area (Å²) in [6, 6.07) is 2.24. The molecule has 200 valence electrons.